The number of fused-ring (bicyclic) bond motifs is 1. The first-order valence-corrected chi connectivity index (χ1v) is 8.32. The van der Waals surface area contributed by atoms with Crippen molar-refractivity contribution >= 4 is 22.8 Å². The first-order chi connectivity index (χ1) is 12.1. The summed E-state index contributed by atoms with van der Waals surface area (Å²) in [6, 6.07) is 5.31. The Morgan fingerprint density at radius 2 is 2.20 bits per heavy atom. The molecule has 0 bridgehead atoms. The highest BCUT2D eigenvalue weighted by molar-refractivity contribution is 5.91. The minimum Gasteiger partial charge on any atom is -0.441 e. The molecule has 0 radical (unpaired) electrons. The quantitative estimate of drug-likeness (QED) is 0.768. The lowest BCUT2D eigenvalue weighted by molar-refractivity contribution is 0.184. The Morgan fingerprint density at radius 3 is 3.00 bits per heavy atom. The molecule has 8 heteroatoms. The Morgan fingerprint density at radius 1 is 1.32 bits per heavy atom. The number of carbonyl (C=O) groups is 1. The summed E-state index contributed by atoms with van der Waals surface area (Å²) in [5.41, 5.74) is 2.12. The van der Waals surface area contributed by atoms with E-state index in [0.717, 1.165) is 18.4 Å². The molecule has 2 amide bonds. The monoisotopic (exact) mass is 341 g/mol. The van der Waals surface area contributed by atoms with Crippen LogP contribution in [0.25, 0.3) is 11.1 Å². The van der Waals surface area contributed by atoms with Crippen molar-refractivity contribution in [3.05, 3.63) is 35.8 Å². The molecule has 3 heterocycles. The van der Waals surface area contributed by atoms with Gasteiger partial charge in [0.1, 0.15) is 5.52 Å². The highest BCUT2D eigenvalue weighted by atomic mass is 16.5. The van der Waals surface area contributed by atoms with Gasteiger partial charge in [-0.15, -0.1) is 0 Å². The van der Waals surface area contributed by atoms with E-state index < -0.39 is 0 Å². The molecule has 0 saturated carbocycles. The van der Waals surface area contributed by atoms with Crippen LogP contribution in [0.2, 0.25) is 0 Å². The number of likely N-dealkylation sites (tertiary alicyclic amines) is 1. The Labute approximate surface area is 144 Å². The lowest BCUT2D eigenvalue weighted by Gasteiger charge is -2.31. The van der Waals surface area contributed by atoms with Gasteiger partial charge < -0.3 is 19.2 Å². The van der Waals surface area contributed by atoms with Gasteiger partial charge in [-0.2, -0.15) is 4.98 Å². The largest absolute Gasteiger partial charge is 0.441 e. The zero-order chi connectivity index (χ0) is 17.4. The van der Waals surface area contributed by atoms with Gasteiger partial charge in [0.05, 0.1) is 5.92 Å². The van der Waals surface area contributed by atoms with Gasteiger partial charge in [-0.3, -0.25) is 0 Å². The number of carbonyl (C=O) groups excluding carboxylic acids is 1. The number of nitrogens with zero attached hydrogens (tertiary/aromatic N) is 4. The van der Waals surface area contributed by atoms with Crippen molar-refractivity contribution < 1.29 is 13.7 Å². The topological polar surface area (TPSA) is 97.3 Å². The second-order valence-electron chi connectivity index (χ2n) is 6.31. The van der Waals surface area contributed by atoms with E-state index in [1.54, 1.807) is 24.8 Å². The molecule has 1 fully saturated rings. The standard InChI is InChI=1S/C17H19N5O3/c1-10-18-16(25-21-10)12-4-3-7-22(9-12)17(23)20-13-5-6-14-15(8-13)24-11(2)19-14/h5-6,8,12H,3-4,7,9H2,1-2H3,(H,20,23)/t12-/m0/s1. The average molecular weight is 341 g/mol. The summed E-state index contributed by atoms with van der Waals surface area (Å²) in [5.74, 6) is 1.91. The van der Waals surface area contributed by atoms with Crippen LogP contribution < -0.4 is 5.32 Å². The number of amides is 2. The van der Waals surface area contributed by atoms with E-state index >= 15 is 0 Å². The van der Waals surface area contributed by atoms with Crippen LogP contribution in [0.15, 0.2) is 27.1 Å². The minimum absolute atomic E-state index is 0.0834. The van der Waals surface area contributed by atoms with Crippen LogP contribution in [0.3, 0.4) is 0 Å². The van der Waals surface area contributed by atoms with E-state index in [2.05, 4.69) is 20.4 Å². The Balaban J connectivity index is 1.45. The first-order valence-electron chi connectivity index (χ1n) is 8.32. The minimum atomic E-state index is -0.142. The lowest BCUT2D eigenvalue weighted by Crippen LogP contribution is -2.41. The zero-order valence-corrected chi connectivity index (χ0v) is 14.2. The van der Waals surface area contributed by atoms with Crippen LogP contribution >= 0.6 is 0 Å². The van der Waals surface area contributed by atoms with E-state index in [1.165, 1.54) is 0 Å². The first kappa shape index (κ1) is 15.6. The van der Waals surface area contributed by atoms with Crippen molar-refractivity contribution in [2.75, 3.05) is 18.4 Å². The smallest absolute Gasteiger partial charge is 0.321 e. The summed E-state index contributed by atoms with van der Waals surface area (Å²) in [4.78, 5) is 22.9. The molecule has 0 spiro atoms. The molecule has 130 valence electrons. The van der Waals surface area contributed by atoms with Gasteiger partial charge in [-0.25, -0.2) is 9.78 Å². The molecule has 1 aliphatic rings. The SMILES string of the molecule is Cc1noc([C@H]2CCCN(C(=O)Nc3ccc4nc(C)oc4c3)C2)n1. The molecule has 4 rings (SSSR count). The maximum Gasteiger partial charge on any atom is 0.321 e. The van der Waals surface area contributed by atoms with Gasteiger partial charge in [0, 0.05) is 31.8 Å². The Hall–Kier alpha value is -2.90. The molecule has 0 aliphatic carbocycles. The number of nitrogens with one attached hydrogen (secondary N) is 1. The summed E-state index contributed by atoms with van der Waals surface area (Å²) >= 11 is 0. The number of aryl methyl sites for hydroxylation is 2. The summed E-state index contributed by atoms with van der Waals surface area (Å²) in [5, 5.41) is 6.76. The number of piperidine rings is 1. The molecule has 25 heavy (non-hydrogen) atoms. The number of benzene rings is 1. The average Bonchev–Trinajstić information content (AvgIpc) is 3.19. The van der Waals surface area contributed by atoms with Gasteiger partial charge >= 0.3 is 6.03 Å². The fourth-order valence-corrected chi connectivity index (χ4v) is 3.16. The van der Waals surface area contributed by atoms with Crippen molar-refractivity contribution in [1.29, 1.82) is 0 Å². The van der Waals surface area contributed by atoms with Gasteiger partial charge in [-0.05, 0) is 31.9 Å². The number of urea groups is 1. The second kappa shape index (κ2) is 6.19. The maximum absolute atomic E-state index is 12.6. The molecule has 2 aromatic heterocycles. The molecular weight excluding hydrogens is 322 g/mol. The third-order valence-corrected chi connectivity index (χ3v) is 4.35. The molecule has 1 aromatic carbocycles. The second-order valence-corrected chi connectivity index (χ2v) is 6.31. The highest BCUT2D eigenvalue weighted by Crippen LogP contribution is 2.26. The van der Waals surface area contributed by atoms with Crippen LogP contribution in [0.4, 0.5) is 10.5 Å². The number of hydrogen-bond donors (Lipinski definition) is 1. The van der Waals surface area contributed by atoms with Crippen LogP contribution in [0.5, 0.6) is 0 Å². The molecule has 3 aromatic rings. The van der Waals surface area contributed by atoms with Gasteiger partial charge in [0.2, 0.25) is 5.89 Å². The third kappa shape index (κ3) is 3.19. The van der Waals surface area contributed by atoms with Crippen molar-refractivity contribution in [1.82, 2.24) is 20.0 Å². The highest BCUT2D eigenvalue weighted by Gasteiger charge is 2.28. The summed E-state index contributed by atoms with van der Waals surface area (Å²) in [6.07, 6.45) is 1.84. The number of rotatable bonds is 2. The number of hydrogen-bond acceptors (Lipinski definition) is 6. The number of aromatic nitrogens is 3. The van der Waals surface area contributed by atoms with Crippen LogP contribution in [0, 0.1) is 13.8 Å². The fraction of sp³-hybridized carbons (Fsp3) is 0.412. The molecule has 0 unspecified atom stereocenters. The molecule has 1 aliphatic heterocycles. The summed E-state index contributed by atoms with van der Waals surface area (Å²) in [7, 11) is 0. The number of anilines is 1. The van der Waals surface area contributed by atoms with Gasteiger partial charge in [0.15, 0.2) is 17.3 Å². The Bertz CT molecular complexity index is 916. The van der Waals surface area contributed by atoms with Crippen molar-refractivity contribution in [3.63, 3.8) is 0 Å². The molecular formula is C17H19N5O3. The molecule has 1 atom stereocenters. The van der Waals surface area contributed by atoms with Gasteiger partial charge in [-0.1, -0.05) is 5.16 Å². The lowest BCUT2D eigenvalue weighted by atomic mass is 9.98. The van der Waals surface area contributed by atoms with Crippen molar-refractivity contribution in [2.24, 2.45) is 0 Å². The summed E-state index contributed by atoms with van der Waals surface area (Å²) < 4.78 is 10.8. The third-order valence-electron chi connectivity index (χ3n) is 4.35. The summed E-state index contributed by atoms with van der Waals surface area (Å²) in [6.45, 7) is 4.86. The molecule has 1 saturated heterocycles. The fourth-order valence-electron chi connectivity index (χ4n) is 3.16. The van der Waals surface area contributed by atoms with Crippen molar-refractivity contribution in [3.8, 4) is 0 Å². The van der Waals surface area contributed by atoms with Crippen LogP contribution in [-0.2, 0) is 0 Å². The van der Waals surface area contributed by atoms with E-state index in [9.17, 15) is 4.79 Å². The van der Waals surface area contributed by atoms with E-state index in [1.807, 2.05) is 12.1 Å². The van der Waals surface area contributed by atoms with Crippen LogP contribution in [0.1, 0.15) is 36.4 Å². The van der Waals surface area contributed by atoms with Gasteiger partial charge in [0.25, 0.3) is 0 Å². The van der Waals surface area contributed by atoms with E-state index in [4.69, 9.17) is 8.94 Å². The number of oxazole rings is 1. The molecule has 1 N–H and O–H groups in total. The van der Waals surface area contributed by atoms with Crippen LogP contribution in [-0.4, -0.2) is 39.1 Å². The van der Waals surface area contributed by atoms with Crippen molar-refractivity contribution in [2.45, 2.75) is 32.6 Å². The predicted molar refractivity (Wildman–Crippen MR) is 90.3 cm³/mol. The Kier molecular flexibility index (Phi) is 3.87. The normalized spacial score (nSPS) is 17.8. The molecule has 8 nitrogen and oxygen atoms in total. The van der Waals surface area contributed by atoms with E-state index in [0.29, 0.717) is 42.0 Å². The predicted octanol–water partition coefficient (Wildman–Crippen LogP) is 3.24. The maximum atomic E-state index is 12.6. The zero-order valence-electron chi connectivity index (χ0n) is 14.2. The van der Waals surface area contributed by atoms with E-state index in [-0.39, 0.29) is 11.9 Å².